The van der Waals surface area contributed by atoms with Crippen molar-refractivity contribution < 1.29 is 9.53 Å². The molecule has 0 heterocycles. The van der Waals surface area contributed by atoms with E-state index in [1.165, 1.54) is 11.6 Å². The minimum Gasteiger partial charge on any atom is -0.463 e. The molecule has 0 aromatic heterocycles. The van der Waals surface area contributed by atoms with Crippen molar-refractivity contribution in [2.24, 2.45) is 0 Å². The van der Waals surface area contributed by atoms with Gasteiger partial charge in [-0.25, -0.2) is 4.79 Å². The SMILES string of the molecule is CCOC(=O)/C=C\SCc1ccccc1. The third-order valence-electron chi connectivity index (χ3n) is 1.68. The van der Waals surface area contributed by atoms with Crippen LogP contribution < -0.4 is 0 Å². The zero-order chi connectivity index (χ0) is 10.9. The Morgan fingerprint density at radius 3 is 2.80 bits per heavy atom. The Morgan fingerprint density at radius 2 is 2.13 bits per heavy atom. The number of carbonyl (C=O) groups excluding carboxylic acids is 1. The Balaban J connectivity index is 2.24. The summed E-state index contributed by atoms with van der Waals surface area (Å²) in [5, 5.41) is 1.77. The first-order valence-electron chi connectivity index (χ1n) is 4.81. The molecular formula is C12H14O2S. The van der Waals surface area contributed by atoms with Crippen LogP contribution in [-0.4, -0.2) is 12.6 Å². The molecule has 0 aliphatic heterocycles. The molecule has 0 aliphatic rings. The highest BCUT2D eigenvalue weighted by molar-refractivity contribution is 8.01. The first-order valence-corrected chi connectivity index (χ1v) is 5.86. The number of hydrogen-bond donors (Lipinski definition) is 0. The molecule has 0 unspecified atom stereocenters. The maximum absolute atomic E-state index is 10.9. The number of esters is 1. The van der Waals surface area contributed by atoms with E-state index in [0.717, 1.165) is 5.75 Å². The molecule has 0 saturated carbocycles. The summed E-state index contributed by atoms with van der Waals surface area (Å²) in [6, 6.07) is 10.1. The van der Waals surface area contributed by atoms with Crippen molar-refractivity contribution in [3.8, 4) is 0 Å². The largest absolute Gasteiger partial charge is 0.463 e. The number of hydrogen-bond acceptors (Lipinski definition) is 3. The van der Waals surface area contributed by atoms with Gasteiger partial charge in [-0.2, -0.15) is 0 Å². The van der Waals surface area contributed by atoms with Crippen LogP contribution in [0.25, 0.3) is 0 Å². The molecule has 0 N–H and O–H groups in total. The second-order valence-corrected chi connectivity index (χ2v) is 3.75. The van der Waals surface area contributed by atoms with E-state index in [9.17, 15) is 4.79 Å². The number of benzene rings is 1. The summed E-state index contributed by atoms with van der Waals surface area (Å²) in [7, 11) is 0. The molecule has 0 saturated heterocycles. The molecule has 0 atom stereocenters. The summed E-state index contributed by atoms with van der Waals surface area (Å²) in [4.78, 5) is 10.9. The molecular weight excluding hydrogens is 208 g/mol. The van der Waals surface area contributed by atoms with Crippen LogP contribution in [-0.2, 0) is 15.3 Å². The predicted octanol–water partition coefficient (Wildman–Crippen LogP) is 3.00. The van der Waals surface area contributed by atoms with Crippen molar-refractivity contribution >= 4 is 17.7 Å². The Hall–Kier alpha value is -1.22. The summed E-state index contributed by atoms with van der Waals surface area (Å²) in [5.74, 6) is 0.592. The van der Waals surface area contributed by atoms with E-state index < -0.39 is 0 Å². The van der Waals surface area contributed by atoms with Crippen molar-refractivity contribution in [2.75, 3.05) is 6.61 Å². The van der Waals surface area contributed by atoms with Crippen molar-refractivity contribution in [3.63, 3.8) is 0 Å². The molecule has 15 heavy (non-hydrogen) atoms. The molecule has 0 spiro atoms. The van der Waals surface area contributed by atoms with Crippen LogP contribution in [0.2, 0.25) is 0 Å². The smallest absolute Gasteiger partial charge is 0.331 e. The van der Waals surface area contributed by atoms with Gasteiger partial charge in [-0.3, -0.25) is 0 Å². The Morgan fingerprint density at radius 1 is 1.40 bits per heavy atom. The van der Waals surface area contributed by atoms with Crippen LogP contribution in [0.5, 0.6) is 0 Å². The monoisotopic (exact) mass is 222 g/mol. The van der Waals surface area contributed by atoms with Crippen LogP contribution in [0.1, 0.15) is 12.5 Å². The number of carbonyl (C=O) groups is 1. The molecule has 0 bridgehead atoms. The Kier molecular flexibility index (Phi) is 5.63. The third kappa shape index (κ3) is 5.27. The zero-order valence-corrected chi connectivity index (χ0v) is 9.50. The third-order valence-corrected chi connectivity index (χ3v) is 2.51. The molecule has 80 valence electrons. The average molecular weight is 222 g/mol. The fraction of sp³-hybridized carbons (Fsp3) is 0.250. The van der Waals surface area contributed by atoms with E-state index in [1.54, 1.807) is 24.1 Å². The van der Waals surface area contributed by atoms with Gasteiger partial charge in [0, 0.05) is 11.8 Å². The van der Waals surface area contributed by atoms with Crippen LogP contribution in [0.3, 0.4) is 0 Å². The predicted molar refractivity (Wildman–Crippen MR) is 63.5 cm³/mol. The molecule has 0 amide bonds. The van der Waals surface area contributed by atoms with Gasteiger partial charge in [-0.15, -0.1) is 11.8 Å². The topological polar surface area (TPSA) is 26.3 Å². The van der Waals surface area contributed by atoms with Crippen molar-refractivity contribution in [1.29, 1.82) is 0 Å². The average Bonchev–Trinajstić information content (AvgIpc) is 2.26. The van der Waals surface area contributed by atoms with Crippen LogP contribution in [0.4, 0.5) is 0 Å². The van der Waals surface area contributed by atoms with Gasteiger partial charge in [0.1, 0.15) is 0 Å². The number of rotatable bonds is 5. The Labute approximate surface area is 94.3 Å². The summed E-state index contributed by atoms with van der Waals surface area (Å²) >= 11 is 1.58. The molecule has 1 rings (SSSR count). The molecule has 0 fully saturated rings. The maximum atomic E-state index is 10.9. The lowest BCUT2D eigenvalue weighted by atomic mass is 10.2. The summed E-state index contributed by atoms with van der Waals surface area (Å²) in [5.41, 5.74) is 1.25. The summed E-state index contributed by atoms with van der Waals surface area (Å²) in [6.07, 6.45) is 1.46. The van der Waals surface area contributed by atoms with Crippen molar-refractivity contribution in [2.45, 2.75) is 12.7 Å². The van der Waals surface area contributed by atoms with E-state index in [4.69, 9.17) is 4.74 Å². The van der Waals surface area contributed by atoms with Gasteiger partial charge in [-0.1, -0.05) is 30.3 Å². The second-order valence-electron chi connectivity index (χ2n) is 2.85. The molecule has 0 radical (unpaired) electrons. The molecule has 3 heteroatoms. The van der Waals surface area contributed by atoms with Gasteiger partial charge in [0.25, 0.3) is 0 Å². The first-order chi connectivity index (χ1) is 7.33. The normalized spacial score (nSPS) is 10.5. The van der Waals surface area contributed by atoms with Gasteiger partial charge < -0.3 is 4.74 Å². The fourth-order valence-electron chi connectivity index (χ4n) is 1.01. The van der Waals surface area contributed by atoms with E-state index in [2.05, 4.69) is 12.1 Å². The number of thioether (sulfide) groups is 1. The van der Waals surface area contributed by atoms with Gasteiger partial charge in [0.15, 0.2) is 0 Å². The highest BCUT2D eigenvalue weighted by atomic mass is 32.2. The Bertz CT molecular complexity index is 320. The van der Waals surface area contributed by atoms with Crippen LogP contribution in [0.15, 0.2) is 41.8 Å². The van der Waals surface area contributed by atoms with Gasteiger partial charge >= 0.3 is 5.97 Å². The molecule has 1 aromatic rings. The second kappa shape index (κ2) is 7.12. The number of ether oxygens (including phenoxy) is 1. The lowest BCUT2D eigenvalue weighted by Crippen LogP contribution is -1.98. The van der Waals surface area contributed by atoms with Gasteiger partial charge in [-0.05, 0) is 17.9 Å². The molecule has 2 nitrogen and oxygen atoms in total. The highest BCUT2D eigenvalue weighted by Gasteiger charge is 1.93. The minimum atomic E-state index is -0.280. The van der Waals surface area contributed by atoms with Gasteiger partial charge in [0.2, 0.25) is 0 Å². The summed E-state index contributed by atoms with van der Waals surface area (Å²) < 4.78 is 4.76. The first kappa shape index (κ1) is 11.9. The van der Waals surface area contributed by atoms with Crippen molar-refractivity contribution in [1.82, 2.24) is 0 Å². The standard InChI is InChI=1S/C12H14O2S/c1-2-14-12(13)8-9-15-10-11-6-4-3-5-7-11/h3-9H,2,10H2,1H3/b9-8-. The van der Waals surface area contributed by atoms with E-state index >= 15 is 0 Å². The molecule has 1 aromatic carbocycles. The lowest BCUT2D eigenvalue weighted by Gasteiger charge is -1.96. The summed E-state index contributed by atoms with van der Waals surface area (Å²) in [6.45, 7) is 2.22. The van der Waals surface area contributed by atoms with Gasteiger partial charge in [0.05, 0.1) is 6.61 Å². The fourth-order valence-corrected chi connectivity index (χ4v) is 1.70. The zero-order valence-electron chi connectivity index (χ0n) is 8.68. The quantitative estimate of drug-likeness (QED) is 0.566. The maximum Gasteiger partial charge on any atom is 0.331 e. The van der Waals surface area contributed by atoms with Crippen LogP contribution >= 0.6 is 11.8 Å². The van der Waals surface area contributed by atoms with E-state index in [1.807, 2.05) is 18.2 Å². The van der Waals surface area contributed by atoms with Crippen LogP contribution in [0, 0.1) is 0 Å². The highest BCUT2D eigenvalue weighted by Crippen LogP contribution is 2.12. The minimum absolute atomic E-state index is 0.280. The van der Waals surface area contributed by atoms with E-state index in [-0.39, 0.29) is 5.97 Å². The van der Waals surface area contributed by atoms with E-state index in [0.29, 0.717) is 6.61 Å². The lowest BCUT2D eigenvalue weighted by molar-refractivity contribution is -0.137. The van der Waals surface area contributed by atoms with Crippen molar-refractivity contribution in [3.05, 3.63) is 47.4 Å². The molecule has 0 aliphatic carbocycles.